The maximum absolute atomic E-state index is 15.7. The number of halogens is 1. The van der Waals surface area contributed by atoms with E-state index in [0.29, 0.717) is 16.8 Å². The molecule has 2 heterocycles. The van der Waals surface area contributed by atoms with Crippen molar-refractivity contribution in [1.29, 1.82) is 0 Å². The predicted octanol–water partition coefficient (Wildman–Crippen LogP) is -2.49. The van der Waals surface area contributed by atoms with Crippen molar-refractivity contribution in [2.24, 2.45) is 0 Å². The number of ether oxygens (including phenoxy) is 1. The minimum absolute atomic E-state index is 0.151. The third-order valence-electron chi connectivity index (χ3n) is 9.43. The van der Waals surface area contributed by atoms with Gasteiger partial charge in [-0.15, -0.1) is 0 Å². The Bertz CT molecular complexity index is 1490. The van der Waals surface area contributed by atoms with Crippen LogP contribution in [0.2, 0.25) is 0 Å². The van der Waals surface area contributed by atoms with Crippen LogP contribution >= 0.6 is 0 Å². The highest BCUT2D eigenvalue weighted by atomic mass is 19.1. The number of nitrogens with one attached hydrogen (secondary N) is 2. The fraction of sp³-hybridized carbons (Fsp3) is 0.500. The molecule has 1 atom stereocenters. The molecule has 4 rings (SSSR count). The quantitative estimate of drug-likeness (QED) is 0.229. The van der Waals surface area contributed by atoms with E-state index in [1.807, 2.05) is 49.6 Å². The lowest BCUT2D eigenvalue weighted by Crippen LogP contribution is -2.63. The first-order valence-corrected chi connectivity index (χ1v) is 15.8. The Morgan fingerprint density at radius 1 is 1.09 bits per heavy atom. The second kappa shape index (κ2) is 12.0. The van der Waals surface area contributed by atoms with E-state index in [-0.39, 0.29) is 41.7 Å². The molecule has 8 nitrogen and oxygen atoms in total. The molecule has 2 aromatic rings. The van der Waals surface area contributed by atoms with Crippen LogP contribution < -0.4 is 10.6 Å². The van der Waals surface area contributed by atoms with Gasteiger partial charge in [0.2, 0.25) is 5.91 Å². The van der Waals surface area contributed by atoms with Crippen molar-refractivity contribution in [3.05, 3.63) is 64.5 Å². The highest BCUT2D eigenvalue weighted by molar-refractivity contribution is 6.44. The SMILES string of the molecule is BC(B)(Nc1cccc2c1C(B)(B)N(C(CCC=O)C(=O)NC)C2=O)c1cc(C(B)(B)N2CC(C)(C)OC(C)(C)C2)ccc1F. The Balaban J connectivity index is 1.72. The van der Waals surface area contributed by atoms with Gasteiger partial charge in [0.05, 0.1) is 11.2 Å². The van der Waals surface area contributed by atoms with E-state index in [9.17, 15) is 14.4 Å². The largest absolute Gasteiger partial charge is 0.391 e. The van der Waals surface area contributed by atoms with Crippen molar-refractivity contribution in [3.63, 3.8) is 0 Å². The molecule has 0 spiro atoms. The number of benzene rings is 2. The van der Waals surface area contributed by atoms with Gasteiger partial charge in [-0.25, -0.2) is 4.39 Å². The third kappa shape index (κ3) is 6.66. The first-order chi connectivity index (χ1) is 20.7. The number of carbonyl (C=O) groups is 3. The number of anilines is 1. The summed E-state index contributed by atoms with van der Waals surface area (Å²) in [6.07, 6.45) is 1.13. The molecule has 0 bridgehead atoms. The number of fused-ring (bicyclic) bond motifs is 1. The summed E-state index contributed by atoms with van der Waals surface area (Å²) < 4.78 is 22.1. The highest BCUT2D eigenvalue weighted by Crippen LogP contribution is 2.43. The van der Waals surface area contributed by atoms with E-state index in [0.717, 1.165) is 30.5 Å². The lowest BCUT2D eigenvalue weighted by molar-refractivity contribution is -0.186. The normalized spacial score (nSPS) is 19.9. The summed E-state index contributed by atoms with van der Waals surface area (Å²) in [5, 5.41) is 4.06. The topological polar surface area (TPSA) is 91.0 Å². The average molecular weight is 610 g/mol. The van der Waals surface area contributed by atoms with Crippen LogP contribution in [0, 0.1) is 5.82 Å². The minimum Gasteiger partial charge on any atom is -0.391 e. The van der Waals surface area contributed by atoms with Gasteiger partial charge in [0, 0.05) is 48.5 Å². The molecule has 0 saturated carbocycles. The summed E-state index contributed by atoms with van der Waals surface area (Å²) in [5.74, 6) is -0.926. The van der Waals surface area contributed by atoms with Crippen molar-refractivity contribution < 1.29 is 23.5 Å². The Morgan fingerprint density at radius 2 is 1.71 bits per heavy atom. The van der Waals surface area contributed by atoms with Gasteiger partial charge in [-0.2, -0.15) is 0 Å². The van der Waals surface area contributed by atoms with Gasteiger partial charge < -0.3 is 30.0 Å². The number of nitrogens with zero attached hydrogens (tertiary/aromatic N) is 2. The Hall–Kier alpha value is -2.91. The van der Waals surface area contributed by atoms with Crippen molar-refractivity contribution in [2.75, 3.05) is 25.5 Å². The molecule has 2 aromatic carbocycles. The van der Waals surface area contributed by atoms with Crippen molar-refractivity contribution in [2.45, 2.75) is 73.8 Å². The molecule has 0 aliphatic carbocycles. The molecule has 1 saturated heterocycles. The first kappa shape index (κ1) is 35.0. The van der Waals surface area contributed by atoms with Crippen LogP contribution in [0.5, 0.6) is 0 Å². The Kier molecular flexibility index (Phi) is 9.34. The molecule has 15 heteroatoms. The van der Waals surface area contributed by atoms with Gasteiger partial charge >= 0.3 is 0 Å². The van der Waals surface area contributed by atoms with Crippen LogP contribution in [0.25, 0.3) is 0 Å². The summed E-state index contributed by atoms with van der Waals surface area (Å²) in [7, 11) is 13.5. The zero-order valence-electron chi connectivity index (χ0n) is 28.9. The number of rotatable bonds is 10. The van der Waals surface area contributed by atoms with Crippen LogP contribution in [0.1, 0.15) is 67.6 Å². The van der Waals surface area contributed by atoms with E-state index in [1.165, 1.54) is 13.1 Å². The molecular formula is C30H45B6FN4O4. The van der Waals surface area contributed by atoms with Crippen molar-refractivity contribution in [1.82, 2.24) is 15.1 Å². The number of hydrogen-bond acceptors (Lipinski definition) is 6. The number of hydrogen-bond donors (Lipinski definition) is 2. The van der Waals surface area contributed by atoms with Gasteiger partial charge in [0.15, 0.2) is 0 Å². The van der Waals surface area contributed by atoms with Crippen LogP contribution in [-0.2, 0) is 30.3 Å². The zero-order chi connectivity index (χ0) is 33.8. The zero-order valence-corrected chi connectivity index (χ0v) is 28.9. The van der Waals surface area contributed by atoms with E-state index in [1.54, 1.807) is 17.0 Å². The predicted molar refractivity (Wildman–Crippen MR) is 193 cm³/mol. The smallest absolute Gasteiger partial charge is 0.254 e. The second-order valence-electron chi connectivity index (χ2n) is 15.3. The number of carbonyl (C=O) groups excluding carboxylic acids is 3. The van der Waals surface area contributed by atoms with Crippen LogP contribution in [-0.4, -0.2) is 112 Å². The van der Waals surface area contributed by atoms with Crippen molar-refractivity contribution in [3.8, 4) is 0 Å². The summed E-state index contributed by atoms with van der Waals surface area (Å²) in [6.45, 7) is 9.88. The van der Waals surface area contributed by atoms with Crippen LogP contribution in [0.15, 0.2) is 36.4 Å². The summed E-state index contributed by atoms with van der Waals surface area (Å²) in [5.41, 5.74) is 2.73. The number of aldehydes is 1. The number of amides is 2. The average Bonchev–Trinajstić information content (AvgIpc) is 3.12. The van der Waals surface area contributed by atoms with E-state index in [4.69, 9.17) is 4.74 Å². The molecule has 0 aromatic heterocycles. The lowest BCUT2D eigenvalue weighted by Gasteiger charge is -2.53. The molecule has 1 fully saturated rings. The second-order valence-corrected chi connectivity index (χ2v) is 15.3. The van der Waals surface area contributed by atoms with Crippen LogP contribution in [0.3, 0.4) is 0 Å². The van der Waals surface area contributed by atoms with Crippen molar-refractivity contribution >= 4 is 70.9 Å². The fourth-order valence-corrected chi connectivity index (χ4v) is 7.45. The minimum atomic E-state index is -0.884. The highest BCUT2D eigenvalue weighted by Gasteiger charge is 2.49. The lowest BCUT2D eigenvalue weighted by atomic mass is 9.53. The maximum atomic E-state index is 15.7. The molecule has 234 valence electrons. The maximum Gasteiger partial charge on any atom is 0.254 e. The fourth-order valence-electron chi connectivity index (χ4n) is 7.45. The standard InChI is InChI=1S/C30H45B6FN4O4/c1-26(2)15-40(16-27(3,4)45-26)29(33,34)17-11-12-20(37)19(14-17)28(31,32)39-21-9-6-8-18-23(21)30(35,36)41(25(18)44)22(10-7-13-42)24(43)38-5/h6,8-9,11-14,22,39H,7,10,15-16,31-36H2,1-5H3,(H,38,43). The number of morpholine rings is 1. The Morgan fingerprint density at radius 3 is 2.29 bits per heavy atom. The molecule has 2 aliphatic heterocycles. The monoisotopic (exact) mass is 610 g/mol. The Labute approximate surface area is 272 Å². The molecule has 2 N–H and O–H groups in total. The molecule has 2 aliphatic rings. The summed E-state index contributed by atoms with van der Waals surface area (Å²) in [4.78, 5) is 42.0. The van der Waals surface area contributed by atoms with Gasteiger partial charge in [0.25, 0.3) is 5.91 Å². The summed E-state index contributed by atoms with van der Waals surface area (Å²) >= 11 is 0. The summed E-state index contributed by atoms with van der Waals surface area (Å²) in [6, 6.07) is 9.98. The van der Waals surface area contributed by atoms with Gasteiger partial charge in [0.1, 0.15) is 65.2 Å². The molecule has 0 radical (unpaired) electrons. The first-order valence-electron chi connectivity index (χ1n) is 15.8. The van der Waals surface area contributed by atoms with E-state index < -0.39 is 22.1 Å². The molecule has 45 heavy (non-hydrogen) atoms. The van der Waals surface area contributed by atoms with Gasteiger partial charge in [-0.3, -0.25) is 9.59 Å². The third-order valence-corrected chi connectivity index (χ3v) is 9.43. The van der Waals surface area contributed by atoms with Gasteiger partial charge in [-0.1, -0.05) is 18.2 Å². The number of likely N-dealkylation sites (N-methyl/N-ethyl adjacent to an activating group) is 1. The molecule has 2 amide bonds. The van der Waals surface area contributed by atoms with E-state index >= 15 is 4.39 Å². The molecular weight excluding hydrogens is 564 g/mol. The molecule has 1 unspecified atom stereocenters. The van der Waals surface area contributed by atoms with Crippen LogP contribution in [0.4, 0.5) is 10.1 Å². The van der Waals surface area contributed by atoms with Gasteiger partial charge in [-0.05, 0) is 74.3 Å². The van der Waals surface area contributed by atoms with E-state index in [2.05, 4.69) is 58.9 Å².